The Morgan fingerprint density at radius 3 is 2.46 bits per heavy atom. The minimum absolute atomic E-state index is 0.0289. The SMILES string of the molecule is O=C(O)C1CCN(c2cc(C(F)(F)C(F)(F)F)ncc2[N+](=O)[O-])C1. The van der Waals surface area contributed by atoms with Crippen LogP contribution in [0.15, 0.2) is 12.3 Å². The summed E-state index contributed by atoms with van der Waals surface area (Å²) in [7, 11) is 0. The molecule has 132 valence electrons. The van der Waals surface area contributed by atoms with Crippen LogP contribution in [0.2, 0.25) is 0 Å². The van der Waals surface area contributed by atoms with Crippen LogP contribution >= 0.6 is 0 Å². The second-order valence-corrected chi connectivity index (χ2v) is 5.16. The lowest BCUT2D eigenvalue weighted by molar-refractivity contribution is -0.384. The van der Waals surface area contributed by atoms with E-state index in [1.165, 1.54) is 0 Å². The Morgan fingerprint density at radius 2 is 2.00 bits per heavy atom. The first-order valence-electron chi connectivity index (χ1n) is 6.52. The van der Waals surface area contributed by atoms with E-state index < -0.39 is 46.0 Å². The average molecular weight is 355 g/mol. The minimum Gasteiger partial charge on any atom is -0.481 e. The molecular weight excluding hydrogens is 345 g/mol. The van der Waals surface area contributed by atoms with Crippen LogP contribution in [-0.2, 0) is 10.7 Å². The van der Waals surface area contributed by atoms with Gasteiger partial charge < -0.3 is 10.0 Å². The number of aromatic nitrogens is 1. The number of alkyl halides is 5. The third-order valence-electron chi connectivity index (χ3n) is 3.61. The van der Waals surface area contributed by atoms with Gasteiger partial charge in [-0.15, -0.1) is 0 Å². The van der Waals surface area contributed by atoms with E-state index in [1.54, 1.807) is 0 Å². The Labute approximate surface area is 130 Å². The van der Waals surface area contributed by atoms with Gasteiger partial charge in [0.05, 0.1) is 10.8 Å². The molecule has 0 spiro atoms. The fraction of sp³-hybridized carbons (Fsp3) is 0.500. The Hall–Kier alpha value is -2.53. The van der Waals surface area contributed by atoms with Crippen molar-refractivity contribution >= 4 is 17.3 Å². The third-order valence-corrected chi connectivity index (χ3v) is 3.61. The first-order valence-corrected chi connectivity index (χ1v) is 6.52. The number of anilines is 1. The first kappa shape index (κ1) is 17.8. The number of carboxylic acids is 1. The molecule has 1 unspecified atom stereocenters. The van der Waals surface area contributed by atoms with Gasteiger partial charge >= 0.3 is 23.8 Å². The summed E-state index contributed by atoms with van der Waals surface area (Å²) >= 11 is 0. The number of nitrogens with zero attached hydrogens (tertiary/aromatic N) is 3. The summed E-state index contributed by atoms with van der Waals surface area (Å²) in [5, 5.41) is 19.9. The first-order chi connectivity index (χ1) is 10.9. The molecule has 0 amide bonds. The van der Waals surface area contributed by atoms with E-state index in [0.29, 0.717) is 6.20 Å². The number of rotatable bonds is 4. The van der Waals surface area contributed by atoms with Crippen LogP contribution in [0.5, 0.6) is 0 Å². The van der Waals surface area contributed by atoms with Crippen LogP contribution in [0.1, 0.15) is 12.1 Å². The maximum atomic E-state index is 13.4. The lowest BCUT2D eigenvalue weighted by Crippen LogP contribution is -2.35. The standard InChI is InChI=1S/C12H10F5N3O4/c13-11(14,12(15,16)17)9-3-7(8(4-18-9)20(23)24)19-2-1-6(5-19)10(21)22/h3-4,6H,1-2,5H2,(H,21,22). The number of pyridine rings is 1. The molecule has 0 aromatic carbocycles. The molecule has 1 fully saturated rings. The Morgan fingerprint density at radius 1 is 1.38 bits per heavy atom. The fourth-order valence-electron chi connectivity index (χ4n) is 2.33. The van der Waals surface area contributed by atoms with Gasteiger partial charge in [-0.05, 0) is 12.5 Å². The lowest BCUT2D eigenvalue weighted by Gasteiger charge is -2.22. The van der Waals surface area contributed by atoms with E-state index in [2.05, 4.69) is 4.98 Å². The summed E-state index contributed by atoms with van der Waals surface area (Å²) in [5.74, 6) is -7.37. The second-order valence-electron chi connectivity index (χ2n) is 5.16. The van der Waals surface area contributed by atoms with Crippen molar-refractivity contribution < 1.29 is 36.8 Å². The van der Waals surface area contributed by atoms with Gasteiger partial charge in [0.15, 0.2) is 0 Å². The number of hydrogen-bond acceptors (Lipinski definition) is 5. The van der Waals surface area contributed by atoms with Crippen LogP contribution in [-0.4, -0.2) is 40.2 Å². The van der Waals surface area contributed by atoms with Gasteiger partial charge in [-0.1, -0.05) is 0 Å². The second kappa shape index (κ2) is 5.83. The summed E-state index contributed by atoms with van der Waals surface area (Å²) in [5.41, 5.74) is -2.98. The highest BCUT2D eigenvalue weighted by Gasteiger charge is 2.60. The van der Waals surface area contributed by atoms with Crippen LogP contribution in [0.4, 0.5) is 33.3 Å². The Balaban J connectivity index is 2.47. The van der Waals surface area contributed by atoms with Gasteiger partial charge in [-0.25, -0.2) is 4.98 Å². The molecule has 1 N–H and O–H groups in total. The molecular formula is C12H10F5N3O4. The zero-order chi connectivity index (χ0) is 18.3. The molecule has 0 bridgehead atoms. The summed E-state index contributed by atoms with van der Waals surface area (Å²) in [6.07, 6.45) is -5.51. The van der Waals surface area contributed by atoms with Crippen molar-refractivity contribution in [2.75, 3.05) is 18.0 Å². The lowest BCUT2D eigenvalue weighted by atomic mass is 10.1. The van der Waals surface area contributed by atoms with E-state index in [9.17, 15) is 36.9 Å². The highest BCUT2D eigenvalue weighted by Crippen LogP contribution is 2.45. The molecule has 1 saturated heterocycles. The maximum absolute atomic E-state index is 13.4. The van der Waals surface area contributed by atoms with Gasteiger partial charge in [-0.3, -0.25) is 14.9 Å². The largest absolute Gasteiger partial charge is 0.481 e. The van der Waals surface area contributed by atoms with Crippen molar-refractivity contribution in [2.45, 2.75) is 18.5 Å². The van der Waals surface area contributed by atoms with Crippen LogP contribution < -0.4 is 4.90 Å². The third kappa shape index (κ3) is 3.08. The van der Waals surface area contributed by atoms with Crippen LogP contribution in [0, 0.1) is 16.0 Å². The van der Waals surface area contributed by atoms with Crippen molar-refractivity contribution in [3.05, 3.63) is 28.1 Å². The van der Waals surface area contributed by atoms with Gasteiger partial charge in [-0.2, -0.15) is 22.0 Å². The number of halogens is 5. The summed E-state index contributed by atoms with van der Waals surface area (Å²) < 4.78 is 64.1. The van der Waals surface area contributed by atoms with Gasteiger partial charge in [0.1, 0.15) is 17.6 Å². The van der Waals surface area contributed by atoms with E-state index in [1.807, 2.05) is 0 Å². The van der Waals surface area contributed by atoms with Crippen molar-refractivity contribution in [3.8, 4) is 0 Å². The van der Waals surface area contributed by atoms with Gasteiger partial charge in [0.2, 0.25) is 0 Å². The monoisotopic (exact) mass is 355 g/mol. The zero-order valence-corrected chi connectivity index (χ0v) is 11.8. The average Bonchev–Trinajstić information content (AvgIpc) is 2.95. The number of hydrogen-bond donors (Lipinski definition) is 1. The number of aliphatic carboxylic acids is 1. The van der Waals surface area contributed by atoms with Crippen molar-refractivity contribution in [3.63, 3.8) is 0 Å². The van der Waals surface area contributed by atoms with E-state index in [-0.39, 0.29) is 25.6 Å². The molecule has 1 atom stereocenters. The molecule has 0 saturated carbocycles. The highest BCUT2D eigenvalue weighted by atomic mass is 19.4. The molecule has 12 heteroatoms. The Bertz CT molecular complexity index is 679. The Kier molecular flexibility index (Phi) is 4.33. The summed E-state index contributed by atoms with van der Waals surface area (Å²) in [6.45, 7) is -0.268. The predicted molar refractivity (Wildman–Crippen MR) is 68.8 cm³/mol. The zero-order valence-electron chi connectivity index (χ0n) is 11.8. The van der Waals surface area contributed by atoms with Gasteiger partial charge in [0.25, 0.3) is 0 Å². The molecule has 0 aliphatic carbocycles. The molecule has 2 rings (SSSR count). The molecule has 1 aromatic heterocycles. The van der Waals surface area contributed by atoms with Crippen LogP contribution in [0.3, 0.4) is 0 Å². The van der Waals surface area contributed by atoms with Crippen molar-refractivity contribution in [1.82, 2.24) is 4.98 Å². The van der Waals surface area contributed by atoms with E-state index in [0.717, 1.165) is 4.90 Å². The van der Waals surface area contributed by atoms with Crippen molar-refractivity contribution in [1.29, 1.82) is 0 Å². The molecule has 1 aromatic rings. The molecule has 24 heavy (non-hydrogen) atoms. The van der Waals surface area contributed by atoms with E-state index >= 15 is 0 Å². The van der Waals surface area contributed by atoms with Crippen LogP contribution in [0.25, 0.3) is 0 Å². The number of nitro groups is 1. The number of carboxylic acid groups (broad SMARTS) is 1. The van der Waals surface area contributed by atoms with Gasteiger partial charge in [0, 0.05) is 13.1 Å². The van der Waals surface area contributed by atoms with Crippen molar-refractivity contribution in [2.24, 2.45) is 5.92 Å². The number of carbonyl (C=O) groups is 1. The maximum Gasteiger partial charge on any atom is 0.459 e. The summed E-state index contributed by atoms with van der Waals surface area (Å²) in [4.78, 5) is 24.9. The molecule has 1 aliphatic rings. The highest BCUT2D eigenvalue weighted by molar-refractivity contribution is 5.73. The molecule has 0 radical (unpaired) electrons. The molecule has 2 heterocycles. The quantitative estimate of drug-likeness (QED) is 0.507. The topological polar surface area (TPSA) is 96.6 Å². The summed E-state index contributed by atoms with van der Waals surface area (Å²) in [6, 6.07) is 0.288. The minimum atomic E-state index is -5.91. The smallest absolute Gasteiger partial charge is 0.459 e. The predicted octanol–water partition coefficient (Wildman–Crippen LogP) is 2.55. The molecule has 7 nitrogen and oxygen atoms in total. The molecule has 1 aliphatic heterocycles. The van der Waals surface area contributed by atoms with E-state index in [4.69, 9.17) is 5.11 Å². The normalized spacial score (nSPS) is 18.7. The fourth-order valence-corrected chi connectivity index (χ4v) is 2.33.